The second-order valence-corrected chi connectivity index (χ2v) is 4.33. The molecule has 0 saturated carbocycles. The van der Waals surface area contributed by atoms with Crippen molar-refractivity contribution in [2.75, 3.05) is 6.61 Å². The second-order valence-electron chi connectivity index (χ2n) is 4.33. The highest BCUT2D eigenvalue weighted by molar-refractivity contribution is 5.85. The molecule has 1 aromatic carbocycles. The molecule has 1 unspecified atom stereocenters. The Balaban J connectivity index is 0.00000256. The number of aryl methyl sites for hydroxylation is 1. The smallest absolute Gasteiger partial charge is 0.122 e. The van der Waals surface area contributed by atoms with Crippen molar-refractivity contribution in [3.05, 3.63) is 29.3 Å². The maximum atomic E-state index is 6.00. The fourth-order valence-electron chi connectivity index (χ4n) is 1.65. The van der Waals surface area contributed by atoms with Crippen LogP contribution in [0.1, 0.15) is 37.8 Å². The van der Waals surface area contributed by atoms with Gasteiger partial charge in [-0.15, -0.1) is 12.4 Å². The minimum Gasteiger partial charge on any atom is -0.493 e. The normalized spacial score (nSPS) is 11.8. The predicted molar refractivity (Wildman–Crippen MR) is 76.2 cm³/mol. The number of nitrogens with two attached hydrogens (primary N) is 1. The van der Waals surface area contributed by atoms with Gasteiger partial charge in [0, 0.05) is 6.04 Å². The molecule has 0 spiro atoms. The van der Waals surface area contributed by atoms with E-state index >= 15 is 0 Å². The standard InChI is InChI=1S/C14H23NO.ClH/c1-4-8-16-14-7-6-11(3)9-12(14)10-13(15)5-2;/h6-7,9,13H,4-5,8,10,15H2,1-3H3;1H. The first-order valence-electron chi connectivity index (χ1n) is 6.15. The summed E-state index contributed by atoms with van der Waals surface area (Å²) in [4.78, 5) is 0. The molecule has 98 valence electrons. The molecule has 0 fully saturated rings. The maximum absolute atomic E-state index is 6.00. The van der Waals surface area contributed by atoms with E-state index in [1.165, 1.54) is 11.1 Å². The van der Waals surface area contributed by atoms with E-state index in [0.717, 1.165) is 31.6 Å². The summed E-state index contributed by atoms with van der Waals surface area (Å²) >= 11 is 0. The van der Waals surface area contributed by atoms with E-state index < -0.39 is 0 Å². The quantitative estimate of drug-likeness (QED) is 0.847. The lowest BCUT2D eigenvalue weighted by atomic mass is 10.0. The molecule has 1 rings (SSSR count). The Hall–Kier alpha value is -0.730. The first kappa shape index (κ1) is 16.3. The Kier molecular flexibility index (Phi) is 8.01. The summed E-state index contributed by atoms with van der Waals surface area (Å²) in [7, 11) is 0. The van der Waals surface area contributed by atoms with Gasteiger partial charge in [0.2, 0.25) is 0 Å². The molecule has 2 nitrogen and oxygen atoms in total. The molecular weight excluding hydrogens is 234 g/mol. The van der Waals surface area contributed by atoms with Gasteiger partial charge in [-0.2, -0.15) is 0 Å². The van der Waals surface area contributed by atoms with E-state index in [2.05, 4.69) is 39.0 Å². The molecule has 0 saturated heterocycles. The first-order chi connectivity index (χ1) is 7.67. The number of ether oxygens (including phenoxy) is 1. The average molecular weight is 258 g/mol. The van der Waals surface area contributed by atoms with E-state index in [1.54, 1.807) is 0 Å². The van der Waals surface area contributed by atoms with Gasteiger partial charge in [0.15, 0.2) is 0 Å². The summed E-state index contributed by atoms with van der Waals surface area (Å²) in [5, 5.41) is 0. The Bertz CT molecular complexity index is 328. The Morgan fingerprint density at radius 3 is 2.59 bits per heavy atom. The summed E-state index contributed by atoms with van der Waals surface area (Å²) in [5.41, 5.74) is 8.50. The highest BCUT2D eigenvalue weighted by Crippen LogP contribution is 2.22. The lowest BCUT2D eigenvalue weighted by Crippen LogP contribution is -2.21. The molecule has 0 bridgehead atoms. The zero-order valence-corrected chi connectivity index (χ0v) is 11.8. The van der Waals surface area contributed by atoms with E-state index in [0.29, 0.717) is 0 Å². The van der Waals surface area contributed by atoms with E-state index in [9.17, 15) is 0 Å². The van der Waals surface area contributed by atoms with Crippen molar-refractivity contribution in [3.63, 3.8) is 0 Å². The molecule has 1 aromatic rings. The predicted octanol–water partition coefficient (Wildman–Crippen LogP) is 3.49. The second kappa shape index (κ2) is 8.37. The molecule has 0 aromatic heterocycles. The van der Waals surface area contributed by atoms with Gasteiger partial charge < -0.3 is 10.5 Å². The summed E-state index contributed by atoms with van der Waals surface area (Å²) in [6.07, 6.45) is 2.94. The average Bonchev–Trinajstić information content (AvgIpc) is 2.28. The van der Waals surface area contributed by atoms with Crippen molar-refractivity contribution in [2.24, 2.45) is 5.73 Å². The fourth-order valence-corrected chi connectivity index (χ4v) is 1.65. The Morgan fingerprint density at radius 2 is 2.00 bits per heavy atom. The van der Waals surface area contributed by atoms with E-state index in [1.807, 2.05) is 0 Å². The molecular formula is C14H24ClNO. The van der Waals surface area contributed by atoms with Gasteiger partial charge in [-0.25, -0.2) is 0 Å². The van der Waals surface area contributed by atoms with Crippen LogP contribution in [0.3, 0.4) is 0 Å². The lowest BCUT2D eigenvalue weighted by Gasteiger charge is -2.14. The van der Waals surface area contributed by atoms with Crippen LogP contribution >= 0.6 is 12.4 Å². The van der Waals surface area contributed by atoms with Gasteiger partial charge in [0.1, 0.15) is 5.75 Å². The van der Waals surface area contributed by atoms with Crippen LogP contribution in [0.15, 0.2) is 18.2 Å². The van der Waals surface area contributed by atoms with E-state index in [-0.39, 0.29) is 18.4 Å². The zero-order valence-electron chi connectivity index (χ0n) is 11.0. The summed E-state index contributed by atoms with van der Waals surface area (Å²) in [6.45, 7) is 7.11. The molecule has 0 radical (unpaired) electrons. The third-order valence-corrected chi connectivity index (χ3v) is 2.68. The molecule has 0 heterocycles. The van der Waals surface area contributed by atoms with Crippen molar-refractivity contribution in [2.45, 2.75) is 46.1 Å². The van der Waals surface area contributed by atoms with Crippen LogP contribution in [0.2, 0.25) is 0 Å². The van der Waals surface area contributed by atoms with Gasteiger partial charge in [0.25, 0.3) is 0 Å². The molecule has 1 atom stereocenters. The number of benzene rings is 1. The molecule has 17 heavy (non-hydrogen) atoms. The fraction of sp³-hybridized carbons (Fsp3) is 0.571. The molecule has 3 heteroatoms. The number of hydrogen-bond donors (Lipinski definition) is 1. The van der Waals surface area contributed by atoms with E-state index in [4.69, 9.17) is 10.5 Å². The summed E-state index contributed by atoms with van der Waals surface area (Å²) in [5.74, 6) is 0.997. The Labute approximate surface area is 111 Å². The van der Waals surface area contributed by atoms with Gasteiger partial charge >= 0.3 is 0 Å². The van der Waals surface area contributed by atoms with Crippen LogP contribution in [0.5, 0.6) is 5.75 Å². The summed E-state index contributed by atoms with van der Waals surface area (Å²) < 4.78 is 5.73. The van der Waals surface area contributed by atoms with Crippen molar-refractivity contribution in [3.8, 4) is 5.75 Å². The van der Waals surface area contributed by atoms with Crippen LogP contribution in [-0.4, -0.2) is 12.6 Å². The van der Waals surface area contributed by atoms with Gasteiger partial charge in [-0.1, -0.05) is 31.5 Å². The molecule has 0 amide bonds. The van der Waals surface area contributed by atoms with Crippen molar-refractivity contribution >= 4 is 12.4 Å². The van der Waals surface area contributed by atoms with Crippen LogP contribution in [0, 0.1) is 6.92 Å². The van der Waals surface area contributed by atoms with Crippen molar-refractivity contribution < 1.29 is 4.74 Å². The molecule has 0 aliphatic rings. The zero-order chi connectivity index (χ0) is 12.0. The van der Waals surface area contributed by atoms with Crippen LogP contribution in [-0.2, 0) is 6.42 Å². The minimum atomic E-state index is 0. The van der Waals surface area contributed by atoms with Crippen LogP contribution in [0.25, 0.3) is 0 Å². The highest BCUT2D eigenvalue weighted by Gasteiger charge is 2.08. The monoisotopic (exact) mass is 257 g/mol. The van der Waals surface area contributed by atoms with Crippen molar-refractivity contribution in [1.29, 1.82) is 0 Å². The highest BCUT2D eigenvalue weighted by atomic mass is 35.5. The number of halogens is 1. The first-order valence-corrected chi connectivity index (χ1v) is 6.15. The van der Waals surface area contributed by atoms with Gasteiger partial charge in [0.05, 0.1) is 6.61 Å². The maximum Gasteiger partial charge on any atom is 0.122 e. The largest absolute Gasteiger partial charge is 0.493 e. The van der Waals surface area contributed by atoms with Crippen LogP contribution in [0.4, 0.5) is 0 Å². The molecule has 0 aliphatic heterocycles. The third-order valence-electron chi connectivity index (χ3n) is 2.68. The molecule has 2 N–H and O–H groups in total. The third kappa shape index (κ3) is 5.42. The van der Waals surface area contributed by atoms with Crippen LogP contribution < -0.4 is 10.5 Å². The lowest BCUT2D eigenvalue weighted by molar-refractivity contribution is 0.313. The summed E-state index contributed by atoms with van der Waals surface area (Å²) in [6, 6.07) is 6.56. The Morgan fingerprint density at radius 1 is 1.29 bits per heavy atom. The minimum absolute atomic E-state index is 0. The molecule has 0 aliphatic carbocycles. The topological polar surface area (TPSA) is 35.2 Å². The number of rotatable bonds is 6. The SMILES string of the molecule is CCCOc1ccc(C)cc1CC(N)CC.Cl. The van der Waals surface area contributed by atoms with Gasteiger partial charge in [-0.05, 0) is 37.8 Å². The number of hydrogen-bond acceptors (Lipinski definition) is 2. The van der Waals surface area contributed by atoms with Crippen molar-refractivity contribution in [1.82, 2.24) is 0 Å². The van der Waals surface area contributed by atoms with Gasteiger partial charge in [-0.3, -0.25) is 0 Å².